The highest BCUT2D eigenvalue weighted by Gasteiger charge is 2.62. The Labute approximate surface area is 86.9 Å². The molecule has 1 saturated carbocycles. The Hall–Kier alpha value is 0.390. The van der Waals surface area contributed by atoms with E-state index >= 15 is 0 Å². The third-order valence-corrected chi connectivity index (χ3v) is 7.76. The summed E-state index contributed by atoms with van der Waals surface area (Å²) in [6, 6.07) is 0. The molecule has 13 heavy (non-hydrogen) atoms. The maximum atomic E-state index is 12.1. The zero-order valence-corrected chi connectivity index (χ0v) is 9.95. The Balaban J connectivity index is 2.31. The molecule has 0 N–H and O–H groups in total. The average Bonchev–Trinajstić information content (AvgIpc) is 2.80. The van der Waals surface area contributed by atoms with Crippen LogP contribution in [0.25, 0.3) is 0 Å². The number of halogens is 1. The van der Waals surface area contributed by atoms with E-state index in [1.165, 1.54) is 0 Å². The fourth-order valence-electron chi connectivity index (χ4n) is 1.68. The molecule has 3 nitrogen and oxygen atoms in total. The summed E-state index contributed by atoms with van der Waals surface area (Å²) in [5.74, 6) is 0. The fourth-order valence-corrected chi connectivity index (χ4v) is 5.45. The first-order valence-corrected chi connectivity index (χ1v) is 6.96. The van der Waals surface area contributed by atoms with Gasteiger partial charge in [-0.15, -0.1) is 0 Å². The maximum Gasteiger partial charge on any atom is 0.166 e. The van der Waals surface area contributed by atoms with Crippen molar-refractivity contribution in [3.05, 3.63) is 0 Å². The molecule has 1 aliphatic carbocycles. The number of hydrogen-bond acceptors (Lipinski definition) is 3. The van der Waals surface area contributed by atoms with Gasteiger partial charge in [-0.2, -0.15) is 0 Å². The lowest BCUT2D eigenvalue weighted by atomic mass is 10.1. The standard InChI is InChI=1S/C8H13BrO3S/c1-7(5-12-6-7)13(10,11)8(4-9)2-3-8/h2-6H2,1H3. The number of rotatable bonds is 3. The first kappa shape index (κ1) is 9.93. The van der Waals surface area contributed by atoms with Crippen molar-refractivity contribution >= 4 is 25.8 Å². The van der Waals surface area contributed by atoms with Gasteiger partial charge in [0.05, 0.1) is 18.0 Å². The van der Waals surface area contributed by atoms with Gasteiger partial charge >= 0.3 is 0 Å². The van der Waals surface area contributed by atoms with Crippen LogP contribution in [0.5, 0.6) is 0 Å². The van der Waals surface area contributed by atoms with Crippen LogP contribution in [-0.2, 0) is 14.6 Å². The van der Waals surface area contributed by atoms with Crippen molar-refractivity contribution in [3.63, 3.8) is 0 Å². The molecule has 2 fully saturated rings. The molecule has 0 atom stereocenters. The van der Waals surface area contributed by atoms with Crippen molar-refractivity contribution in [2.24, 2.45) is 0 Å². The lowest BCUT2D eigenvalue weighted by Gasteiger charge is -2.39. The molecule has 1 saturated heterocycles. The molecular formula is C8H13BrO3S. The molecule has 0 unspecified atom stereocenters. The Morgan fingerprint density at radius 3 is 2.15 bits per heavy atom. The van der Waals surface area contributed by atoms with Gasteiger partial charge in [-0.25, -0.2) is 8.42 Å². The van der Waals surface area contributed by atoms with Gasteiger partial charge in [0.1, 0.15) is 4.75 Å². The van der Waals surface area contributed by atoms with Crippen molar-refractivity contribution in [1.82, 2.24) is 0 Å². The van der Waals surface area contributed by atoms with Crippen molar-refractivity contribution in [2.75, 3.05) is 18.5 Å². The molecule has 0 aromatic heterocycles. The first-order valence-electron chi connectivity index (χ1n) is 4.35. The predicted molar refractivity (Wildman–Crippen MR) is 53.9 cm³/mol. The van der Waals surface area contributed by atoms with Crippen molar-refractivity contribution < 1.29 is 13.2 Å². The molecule has 0 radical (unpaired) electrons. The van der Waals surface area contributed by atoms with Crippen molar-refractivity contribution in [1.29, 1.82) is 0 Å². The van der Waals surface area contributed by atoms with Gasteiger partial charge in [0, 0.05) is 5.33 Å². The second-order valence-corrected chi connectivity index (χ2v) is 7.68. The molecule has 0 amide bonds. The highest BCUT2D eigenvalue weighted by molar-refractivity contribution is 9.09. The summed E-state index contributed by atoms with van der Waals surface area (Å²) >= 11 is 3.29. The monoisotopic (exact) mass is 268 g/mol. The SMILES string of the molecule is CC1(S(=O)(=O)C2(CBr)CC2)COC1. The van der Waals surface area contributed by atoms with E-state index in [1.54, 1.807) is 6.92 Å². The zero-order chi connectivity index (χ0) is 9.74. The summed E-state index contributed by atoms with van der Waals surface area (Å²) in [7, 11) is -3.01. The third kappa shape index (κ3) is 1.13. The highest BCUT2D eigenvalue weighted by atomic mass is 79.9. The van der Waals surface area contributed by atoms with Crippen LogP contribution in [0.15, 0.2) is 0 Å². The second-order valence-electron chi connectivity index (χ2n) is 4.26. The third-order valence-electron chi connectivity index (χ3n) is 3.08. The van der Waals surface area contributed by atoms with Gasteiger partial charge in [-0.3, -0.25) is 0 Å². The van der Waals surface area contributed by atoms with Gasteiger partial charge in [0.15, 0.2) is 9.84 Å². The second kappa shape index (κ2) is 2.70. The van der Waals surface area contributed by atoms with Gasteiger partial charge in [-0.1, -0.05) is 15.9 Å². The lowest BCUT2D eigenvalue weighted by Crippen LogP contribution is -2.57. The Bertz CT molecular complexity index is 304. The average molecular weight is 269 g/mol. The molecule has 5 heteroatoms. The topological polar surface area (TPSA) is 43.4 Å². The van der Waals surface area contributed by atoms with Crippen LogP contribution in [-0.4, -0.2) is 36.5 Å². The number of hydrogen-bond donors (Lipinski definition) is 0. The molecule has 2 aliphatic rings. The minimum Gasteiger partial charge on any atom is -0.378 e. The van der Waals surface area contributed by atoms with E-state index < -0.39 is 19.3 Å². The van der Waals surface area contributed by atoms with Crippen LogP contribution in [0.4, 0.5) is 0 Å². The van der Waals surface area contributed by atoms with Gasteiger partial charge < -0.3 is 4.74 Å². The molecule has 0 aromatic rings. The van der Waals surface area contributed by atoms with E-state index in [0.29, 0.717) is 18.5 Å². The van der Waals surface area contributed by atoms with E-state index in [-0.39, 0.29) is 0 Å². The summed E-state index contributed by atoms with van der Waals surface area (Å²) in [6.07, 6.45) is 1.60. The normalized spacial score (nSPS) is 29.4. The molecule has 0 bridgehead atoms. The maximum absolute atomic E-state index is 12.1. The molecule has 76 valence electrons. The van der Waals surface area contributed by atoms with E-state index in [2.05, 4.69) is 15.9 Å². The summed E-state index contributed by atoms with van der Waals surface area (Å²) < 4.78 is 28.2. The lowest BCUT2D eigenvalue weighted by molar-refractivity contribution is -0.00539. The van der Waals surface area contributed by atoms with Crippen LogP contribution in [0, 0.1) is 0 Å². The van der Waals surface area contributed by atoms with E-state index in [0.717, 1.165) is 12.8 Å². The van der Waals surface area contributed by atoms with E-state index in [1.807, 2.05) is 0 Å². The van der Waals surface area contributed by atoms with Crippen molar-refractivity contribution in [2.45, 2.75) is 29.3 Å². The van der Waals surface area contributed by atoms with Crippen LogP contribution in [0.1, 0.15) is 19.8 Å². The largest absolute Gasteiger partial charge is 0.378 e. The van der Waals surface area contributed by atoms with Crippen molar-refractivity contribution in [3.8, 4) is 0 Å². The summed E-state index contributed by atoms with van der Waals surface area (Å²) in [5.41, 5.74) is 0. The van der Waals surface area contributed by atoms with E-state index in [4.69, 9.17) is 4.74 Å². The predicted octanol–water partition coefficient (Wildman–Crippen LogP) is 1.12. The molecule has 0 spiro atoms. The van der Waals surface area contributed by atoms with Gasteiger partial charge in [-0.05, 0) is 19.8 Å². The van der Waals surface area contributed by atoms with Crippen LogP contribution in [0.3, 0.4) is 0 Å². The minimum atomic E-state index is -3.01. The Kier molecular flexibility index (Phi) is 2.06. The number of sulfone groups is 1. The highest BCUT2D eigenvalue weighted by Crippen LogP contribution is 2.50. The quantitative estimate of drug-likeness (QED) is 0.721. The fraction of sp³-hybridized carbons (Fsp3) is 1.00. The smallest absolute Gasteiger partial charge is 0.166 e. The van der Waals surface area contributed by atoms with Crippen LogP contribution < -0.4 is 0 Å². The summed E-state index contributed by atoms with van der Waals surface area (Å²) in [6.45, 7) is 2.52. The Morgan fingerprint density at radius 2 is 1.92 bits per heavy atom. The Morgan fingerprint density at radius 1 is 1.38 bits per heavy atom. The molecule has 2 rings (SSSR count). The van der Waals surface area contributed by atoms with Crippen LogP contribution in [0.2, 0.25) is 0 Å². The molecule has 1 aliphatic heterocycles. The van der Waals surface area contributed by atoms with Gasteiger partial charge in [0.2, 0.25) is 0 Å². The summed E-state index contributed by atoms with van der Waals surface area (Å²) in [4.78, 5) is 0. The number of ether oxygens (including phenoxy) is 1. The van der Waals surface area contributed by atoms with Crippen LogP contribution >= 0.6 is 15.9 Å². The molecule has 1 heterocycles. The number of alkyl halides is 1. The summed E-state index contributed by atoms with van der Waals surface area (Å²) in [5, 5.41) is 0.567. The van der Waals surface area contributed by atoms with Gasteiger partial charge in [0.25, 0.3) is 0 Å². The molecular weight excluding hydrogens is 256 g/mol. The zero-order valence-electron chi connectivity index (χ0n) is 7.55. The molecule has 0 aromatic carbocycles. The minimum absolute atomic E-state index is 0.365. The first-order chi connectivity index (χ1) is 5.97. The van der Waals surface area contributed by atoms with E-state index in [9.17, 15) is 8.42 Å².